The number of esters is 1. The third-order valence-corrected chi connectivity index (χ3v) is 6.83. The summed E-state index contributed by atoms with van der Waals surface area (Å²) in [5.41, 5.74) is 1.09. The van der Waals surface area contributed by atoms with E-state index in [1.54, 1.807) is 47.9 Å². The van der Waals surface area contributed by atoms with Gasteiger partial charge in [-0.15, -0.1) is 11.8 Å². The Morgan fingerprint density at radius 3 is 2.69 bits per heavy atom. The Kier molecular flexibility index (Phi) is 6.18. The van der Waals surface area contributed by atoms with Crippen molar-refractivity contribution in [2.45, 2.75) is 35.8 Å². The fourth-order valence-electron chi connectivity index (χ4n) is 3.02. The number of benzene rings is 2. The van der Waals surface area contributed by atoms with Gasteiger partial charge in [-0.3, -0.25) is 9.52 Å². The van der Waals surface area contributed by atoms with Gasteiger partial charge in [-0.2, -0.15) is 0 Å². The van der Waals surface area contributed by atoms with Crippen molar-refractivity contribution in [3.05, 3.63) is 48.0 Å². The quantitative estimate of drug-likeness (QED) is 0.724. The molecule has 3 rings (SSSR count). The summed E-state index contributed by atoms with van der Waals surface area (Å²) in [7, 11) is -3.91. The number of rotatable bonds is 5. The van der Waals surface area contributed by atoms with E-state index in [-0.39, 0.29) is 33.9 Å². The van der Waals surface area contributed by atoms with Gasteiger partial charge in [0.2, 0.25) is 5.91 Å². The molecule has 0 unspecified atom stereocenters. The van der Waals surface area contributed by atoms with Crippen molar-refractivity contribution in [3.63, 3.8) is 0 Å². The van der Waals surface area contributed by atoms with Gasteiger partial charge in [-0.05, 0) is 43.3 Å². The first kappa shape index (κ1) is 21.2. The number of anilines is 2. The molecule has 0 saturated heterocycles. The summed E-state index contributed by atoms with van der Waals surface area (Å²) in [6.07, 6.45) is 0. The fraction of sp³-hybridized carbons (Fsp3) is 0.300. The number of sulfonamides is 1. The van der Waals surface area contributed by atoms with Crippen LogP contribution in [0, 0.1) is 0 Å². The summed E-state index contributed by atoms with van der Waals surface area (Å²) in [6, 6.07) is 10.8. The highest BCUT2D eigenvalue weighted by Gasteiger charge is 2.27. The molecule has 1 heterocycles. The maximum absolute atomic E-state index is 12.9. The van der Waals surface area contributed by atoms with Crippen LogP contribution in [0.3, 0.4) is 0 Å². The number of hydrogen-bond donors (Lipinski definition) is 1. The Bertz CT molecular complexity index is 1050. The van der Waals surface area contributed by atoms with Crippen LogP contribution in [-0.2, 0) is 19.6 Å². The Morgan fingerprint density at radius 1 is 1.24 bits per heavy atom. The zero-order valence-electron chi connectivity index (χ0n) is 16.3. The highest BCUT2D eigenvalue weighted by molar-refractivity contribution is 8.00. The van der Waals surface area contributed by atoms with E-state index in [2.05, 4.69) is 4.72 Å². The van der Waals surface area contributed by atoms with Crippen LogP contribution in [0.5, 0.6) is 0 Å². The minimum absolute atomic E-state index is 0.0409. The standard InChI is InChI=1S/C20H22N2O5S2/c1-4-27-20(24)15-6-5-7-16(10-15)21-29(25,26)17-8-9-19-18(11-17)22(14(3)23)12-13(2)28-19/h5-11,13,21H,4,12H2,1-3H3/t13-/m1/s1. The summed E-state index contributed by atoms with van der Waals surface area (Å²) >= 11 is 1.61. The number of nitrogens with zero attached hydrogens (tertiary/aromatic N) is 1. The lowest BCUT2D eigenvalue weighted by molar-refractivity contribution is -0.116. The number of nitrogens with one attached hydrogen (secondary N) is 1. The summed E-state index contributed by atoms with van der Waals surface area (Å²) < 4.78 is 33.2. The van der Waals surface area contributed by atoms with Gasteiger partial charge in [0, 0.05) is 29.3 Å². The maximum Gasteiger partial charge on any atom is 0.338 e. The molecular formula is C20H22N2O5S2. The Hall–Kier alpha value is -2.52. The molecule has 0 spiro atoms. The van der Waals surface area contributed by atoms with Crippen LogP contribution in [0.1, 0.15) is 31.1 Å². The van der Waals surface area contributed by atoms with Gasteiger partial charge in [0.25, 0.3) is 10.0 Å². The van der Waals surface area contributed by atoms with Crippen LogP contribution in [-0.4, -0.2) is 38.7 Å². The molecule has 7 nitrogen and oxygen atoms in total. The monoisotopic (exact) mass is 434 g/mol. The van der Waals surface area contributed by atoms with Crippen molar-refractivity contribution in [1.29, 1.82) is 0 Å². The number of hydrogen-bond acceptors (Lipinski definition) is 6. The topological polar surface area (TPSA) is 92.8 Å². The molecule has 2 aromatic rings. The highest BCUT2D eigenvalue weighted by Crippen LogP contribution is 2.39. The zero-order chi connectivity index (χ0) is 21.2. The largest absolute Gasteiger partial charge is 0.462 e. The summed E-state index contributed by atoms with van der Waals surface area (Å²) in [5.74, 6) is -0.659. The first-order valence-electron chi connectivity index (χ1n) is 9.10. The normalized spacial score (nSPS) is 16.1. The Balaban J connectivity index is 1.91. The first-order chi connectivity index (χ1) is 13.7. The van der Waals surface area contributed by atoms with Gasteiger partial charge in [0.1, 0.15) is 0 Å². The average molecular weight is 435 g/mol. The molecule has 29 heavy (non-hydrogen) atoms. The molecule has 0 fully saturated rings. The molecule has 9 heteroatoms. The van der Waals surface area contributed by atoms with Gasteiger partial charge >= 0.3 is 5.97 Å². The molecule has 1 atom stereocenters. The van der Waals surface area contributed by atoms with Crippen LogP contribution in [0.4, 0.5) is 11.4 Å². The lowest BCUT2D eigenvalue weighted by Crippen LogP contribution is -2.37. The molecule has 1 aliphatic rings. The van der Waals surface area contributed by atoms with E-state index in [1.807, 2.05) is 6.92 Å². The third kappa shape index (κ3) is 4.73. The van der Waals surface area contributed by atoms with Crippen molar-refractivity contribution in [2.24, 2.45) is 0 Å². The molecule has 0 radical (unpaired) electrons. The van der Waals surface area contributed by atoms with Gasteiger partial charge in [-0.25, -0.2) is 13.2 Å². The molecule has 0 aliphatic carbocycles. The van der Waals surface area contributed by atoms with E-state index < -0.39 is 16.0 Å². The molecular weight excluding hydrogens is 412 g/mol. The van der Waals surface area contributed by atoms with E-state index in [0.717, 1.165) is 4.90 Å². The van der Waals surface area contributed by atoms with E-state index in [0.29, 0.717) is 12.2 Å². The lowest BCUT2D eigenvalue weighted by atomic mass is 10.2. The van der Waals surface area contributed by atoms with E-state index in [4.69, 9.17) is 4.74 Å². The number of amides is 1. The van der Waals surface area contributed by atoms with Crippen LogP contribution >= 0.6 is 11.8 Å². The number of carbonyl (C=O) groups excluding carboxylic acids is 2. The zero-order valence-corrected chi connectivity index (χ0v) is 18.0. The summed E-state index contributed by atoms with van der Waals surface area (Å²) in [6.45, 7) is 5.93. The van der Waals surface area contributed by atoms with Gasteiger partial charge in [0.05, 0.1) is 22.8 Å². The lowest BCUT2D eigenvalue weighted by Gasteiger charge is -2.32. The number of carbonyl (C=O) groups is 2. The molecule has 0 bridgehead atoms. The van der Waals surface area contributed by atoms with Crippen molar-refractivity contribution in [2.75, 3.05) is 22.8 Å². The Morgan fingerprint density at radius 2 is 2.00 bits per heavy atom. The molecule has 1 aliphatic heterocycles. The summed E-state index contributed by atoms with van der Waals surface area (Å²) in [5, 5.41) is 0.220. The van der Waals surface area contributed by atoms with E-state index in [9.17, 15) is 18.0 Å². The highest BCUT2D eigenvalue weighted by atomic mass is 32.2. The second-order valence-electron chi connectivity index (χ2n) is 6.59. The average Bonchev–Trinajstić information content (AvgIpc) is 2.66. The smallest absolute Gasteiger partial charge is 0.338 e. The van der Waals surface area contributed by atoms with Crippen molar-refractivity contribution >= 4 is 45.0 Å². The third-order valence-electron chi connectivity index (χ3n) is 4.31. The molecule has 2 aromatic carbocycles. The number of thioether (sulfide) groups is 1. The van der Waals surface area contributed by atoms with Crippen LogP contribution in [0.15, 0.2) is 52.3 Å². The van der Waals surface area contributed by atoms with Crippen LogP contribution < -0.4 is 9.62 Å². The molecule has 1 amide bonds. The van der Waals surface area contributed by atoms with Gasteiger partial charge < -0.3 is 9.64 Å². The number of ether oxygens (including phenoxy) is 1. The van der Waals surface area contributed by atoms with Gasteiger partial charge in [-0.1, -0.05) is 13.0 Å². The van der Waals surface area contributed by atoms with Crippen LogP contribution in [0.2, 0.25) is 0 Å². The van der Waals surface area contributed by atoms with E-state index >= 15 is 0 Å². The molecule has 1 N–H and O–H groups in total. The van der Waals surface area contributed by atoms with Gasteiger partial charge in [0.15, 0.2) is 0 Å². The SMILES string of the molecule is CCOC(=O)c1cccc(NS(=O)(=O)c2ccc3c(c2)N(C(C)=O)C[C@@H](C)S3)c1. The molecule has 0 aromatic heterocycles. The molecule has 0 saturated carbocycles. The summed E-state index contributed by atoms with van der Waals surface area (Å²) in [4.78, 5) is 26.4. The van der Waals surface area contributed by atoms with Crippen LogP contribution in [0.25, 0.3) is 0 Å². The second kappa shape index (κ2) is 8.46. The first-order valence-corrected chi connectivity index (χ1v) is 11.5. The van der Waals surface area contributed by atoms with Crippen molar-refractivity contribution in [3.8, 4) is 0 Å². The molecule has 154 valence electrons. The minimum atomic E-state index is -3.91. The fourth-order valence-corrected chi connectivity index (χ4v) is 5.18. The predicted molar refractivity (Wildman–Crippen MR) is 113 cm³/mol. The van der Waals surface area contributed by atoms with Crippen molar-refractivity contribution < 1.29 is 22.7 Å². The second-order valence-corrected chi connectivity index (χ2v) is 9.76. The van der Waals surface area contributed by atoms with E-state index in [1.165, 1.54) is 25.1 Å². The van der Waals surface area contributed by atoms with Crippen molar-refractivity contribution in [1.82, 2.24) is 0 Å². The Labute approximate surface area is 174 Å². The maximum atomic E-state index is 12.9. The minimum Gasteiger partial charge on any atom is -0.462 e. The predicted octanol–water partition coefficient (Wildman–Crippen LogP) is 3.51. The number of fused-ring (bicyclic) bond motifs is 1.